The number of aryl methyl sites for hydroxylation is 1. The van der Waals surface area contributed by atoms with E-state index in [-0.39, 0.29) is 17.5 Å². The summed E-state index contributed by atoms with van der Waals surface area (Å²) >= 11 is 0. The fourth-order valence-electron chi connectivity index (χ4n) is 4.47. The van der Waals surface area contributed by atoms with E-state index >= 15 is 0 Å². The molecule has 0 aliphatic heterocycles. The summed E-state index contributed by atoms with van der Waals surface area (Å²) < 4.78 is 42.1. The zero-order chi connectivity index (χ0) is 28.4. The van der Waals surface area contributed by atoms with Crippen LogP contribution in [0.5, 0.6) is 0 Å². The number of rotatable bonds is 7. The molecule has 0 amide bonds. The molecule has 0 fully saturated rings. The topological polar surface area (TPSA) is 95.8 Å². The molecule has 0 saturated carbocycles. The third-order valence-corrected chi connectivity index (χ3v) is 6.41. The molecule has 5 rings (SSSR count). The maximum atomic E-state index is 13.2. The summed E-state index contributed by atoms with van der Waals surface area (Å²) in [5.74, 6) is -0.245. The molecule has 3 heterocycles. The molecular weight excluding hydrogens is 519 g/mol. The second-order valence-corrected chi connectivity index (χ2v) is 9.42. The van der Waals surface area contributed by atoms with E-state index in [2.05, 4.69) is 10.1 Å². The number of ketones is 1. The van der Waals surface area contributed by atoms with Gasteiger partial charge in [0.15, 0.2) is 11.2 Å². The molecule has 40 heavy (non-hydrogen) atoms. The number of pyridine rings is 2. The fraction of sp³-hybridized carbons (Fsp3) is 0.133. The average Bonchev–Trinajstić information content (AvgIpc) is 3.36. The lowest BCUT2D eigenvalue weighted by atomic mass is 9.97. The van der Waals surface area contributed by atoms with Gasteiger partial charge in [-0.15, -0.1) is 0 Å². The minimum absolute atomic E-state index is 0.0301. The van der Waals surface area contributed by atoms with E-state index < -0.39 is 23.9 Å². The van der Waals surface area contributed by atoms with Crippen LogP contribution in [0.25, 0.3) is 33.4 Å². The molecule has 2 N–H and O–H groups in total. The highest BCUT2D eigenvalue weighted by molar-refractivity contribution is 5.98. The van der Waals surface area contributed by atoms with Gasteiger partial charge >= 0.3 is 6.18 Å². The Morgan fingerprint density at radius 1 is 0.875 bits per heavy atom. The Hall–Kier alpha value is -4.99. The van der Waals surface area contributed by atoms with Gasteiger partial charge in [0, 0.05) is 60.5 Å². The minimum atomic E-state index is -4.52. The molecule has 202 valence electrons. The molecule has 0 atom stereocenters. The van der Waals surface area contributed by atoms with Crippen LogP contribution in [0, 0.1) is 0 Å². The van der Waals surface area contributed by atoms with Gasteiger partial charge in [0.25, 0.3) is 0 Å². The van der Waals surface area contributed by atoms with Crippen LogP contribution in [0.15, 0.2) is 96.4 Å². The van der Waals surface area contributed by atoms with Gasteiger partial charge in [0.2, 0.25) is 0 Å². The highest BCUT2D eigenvalue weighted by Crippen LogP contribution is 2.30. The van der Waals surface area contributed by atoms with E-state index in [9.17, 15) is 22.8 Å². The van der Waals surface area contributed by atoms with Crippen LogP contribution in [-0.2, 0) is 20.0 Å². The van der Waals surface area contributed by atoms with Crippen LogP contribution >= 0.6 is 0 Å². The van der Waals surface area contributed by atoms with E-state index in [4.69, 9.17) is 5.73 Å². The first-order chi connectivity index (χ1) is 19.1. The van der Waals surface area contributed by atoms with Crippen molar-refractivity contribution in [3.63, 3.8) is 0 Å². The van der Waals surface area contributed by atoms with Crippen LogP contribution in [0.3, 0.4) is 0 Å². The van der Waals surface area contributed by atoms with Crippen molar-refractivity contribution in [1.29, 1.82) is 0 Å². The molecule has 0 radical (unpaired) electrons. The number of nitrogens with two attached hydrogens (primary N) is 1. The number of aromatic nitrogens is 4. The minimum Gasteiger partial charge on any atom is -0.383 e. The molecule has 3 aromatic heterocycles. The first-order valence-electron chi connectivity index (χ1n) is 12.3. The van der Waals surface area contributed by atoms with Crippen molar-refractivity contribution < 1.29 is 18.0 Å². The average molecular weight is 544 g/mol. The molecule has 5 aromatic rings. The van der Waals surface area contributed by atoms with Crippen molar-refractivity contribution in [2.24, 2.45) is 7.05 Å². The molecule has 7 nitrogen and oxygen atoms in total. The number of alkyl halides is 3. The SMILES string of the molecule is Cn1cc(-c2cnc(N)c(-c3ccc(CC(=O)c4cn(CC(F)(F)F)cc(-c5ccccc5)c4=O)cc3)c2)cn1. The molecule has 2 aromatic carbocycles. The molecule has 0 aliphatic rings. The summed E-state index contributed by atoms with van der Waals surface area (Å²) in [5.41, 5.74) is 9.46. The van der Waals surface area contributed by atoms with E-state index in [0.29, 0.717) is 22.5 Å². The molecule has 0 aliphatic carbocycles. The number of nitrogens with zero attached hydrogens (tertiary/aromatic N) is 4. The molecule has 0 spiro atoms. The Labute approximate surface area is 227 Å². The van der Waals surface area contributed by atoms with Crippen molar-refractivity contribution in [2.75, 3.05) is 5.73 Å². The predicted molar refractivity (Wildman–Crippen MR) is 147 cm³/mol. The van der Waals surface area contributed by atoms with Crippen molar-refractivity contribution >= 4 is 11.6 Å². The zero-order valence-corrected chi connectivity index (χ0v) is 21.4. The fourth-order valence-corrected chi connectivity index (χ4v) is 4.47. The van der Waals surface area contributed by atoms with Crippen LogP contribution in [-0.4, -0.2) is 31.3 Å². The standard InChI is InChI=1S/C30H24F3N5O2/c1-37-15-23(14-36-37)22-12-24(29(34)35-13-22)21-9-7-19(8-10-21)11-27(39)26-17-38(18-30(31,32)33)16-25(28(26)40)20-5-3-2-4-6-20/h2-10,12-17H,11,18H2,1H3,(H2,34,35). The number of benzene rings is 2. The van der Waals surface area contributed by atoms with Gasteiger partial charge in [-0.1, -0.05) is 54.6 Å². The number of carbonyl (C=O) groups excluding carboxylic acids is 1. The van der Waals surface area contributed by atoms with Gasteiger partial charge in [0.05, 0.1) is 11.8 Å². The monoisotopic (exact) mass is 543 g/mol. The number of carbonyl (C=O) groups is 1. The van der Waals surface area contributed by atoms with Crippen molar-refractivity contribution in [3.8, 4) is 33.4 Å². The molecular formula is C30H24F3N5O2. The zero-order valence-electron chi connectivity index (χ0n) is 21.4. The number of halogens is 3. The highest BCUT2D eigenvalue weighted by atomic mass is 19.4. The molecule has 0 saturated heterocycles. The third-order valence-electron chi connectivity index (χ3n) is 6.41. The number of hydrogen-bond donors (Lipinski definition) is 1. The Balaban J connectivity index is 1.43. The molecule has 0 bridgehead atoms. The molecule has 0 unspecified atom stereocenters. The maximum Gasteiger partial charge on any atom is 0.406 e. The Morgan fingerprint density at radius 3 is 2.23 bits per heavy atom. The lowest BCUT2D eigenvalue weighted by molar-refractivity contribution is -0.140. The Kier molecular flexibility index (Phi) is 7.08. The van der Waals surface area contributed by atoms with Crippen LogP contribution in [0.4, 0.5) is 19.0 Å². The normalized spacial score (nSPS) is 11.5. The predicted octanol–water partition coefficient (Wildman–Crippen LogP) is 5.55. The van der Waals surface area contributed by atoms with Gasteiger partial charge in [-0.05, 0) is 22.8 Å². The van der Waals surface area contributed by atoms with Gasteiger partial charge in [-0.25, -0.2) is 4.98 Å². The largest absolute Gasteiger partial charge is 0.406 e. The van der Waals surface area contributed by atoms with Crippen molar-refractivity contribution in [3.05, 3.63) is 113 Å². The van der Waals surface area contributed by atoms with E-state index in [0.717, 1.165) is 33.7 Å². The smallest absolute Gasteiger partial charge is 0.383 e. The quantitative estimate of drug-likeness (QED) is 0.272. The first-order valence-corrected chi connectivity index (χ1v) is 12.3. The van der Waals surface area contributed by atoms with Gasteiger partial charge < -0.3 is 10.3 Å². The summed E-state index contributed by atoms with van der Waals surface area (Å²) in [5, 5.41) is 4.18. The summed E-state index contributed by atoms with van der Waals surface area (Å²) in [6.07, 6.45) is 2.68. The second kappa shape index (κ2) is 10.6. The van der Waals surface area contributed by atoms with Crippen LogP contribution < -0.4 is 11.2 Å². The van der Waals surface area contributed by atoms with E-state index in [1.807, 2.05) is 19.3 Å². The van der Waals surface area contributed by atoms with Crippen molar-refractivity contribution in [1.82, 2.24) is 19.3 Å². The van der Waals surface area contributed by atoms with Gasteiger partial charge in [-0.2, -0.15) is 18.3 Å². The summed E-state index contributed by atoms with van der Waals surface area (Å²) in [7, 11) is 1.82. The summed E-state index contributed by atoms with van der Waals surface area (Å²) in [4.78, 5) is 30.7. The van der Waals surface area contributed by atoms with Gasteiger partial charge in [-0.3, -0.25) is 14.3 Å². The van der Waals surface area contributed by atoms with Gasteiger partial charge in [0.1, 0.15) is 12.4 Å². The van der Waals surface area contributed by atoms with Crippen molar-refractivity contribution in [2.45, 2.75) is 19.1 Å². The third kappa shape index (κ3) is 5.85. The number of anilines is 1. The summed E-state index contributed by atoms with van der Waals surface area (Å²) in [6.45, 7) is -1.32. The Morgan fingerprint density at radius 2 is 1.57 bits per heavy atom. The highest BCUT2D eigenvalue weighted by Gasteiger charge is 2.28. The van der Waals surface area contributed by atoms with E-state index in [1.54, 1.807) is 71.7 Å². The number of hydrogen-bond acceptors (Lipinski definition) is 5. The number of nitrogen functional groups attached to an aromatic ring is 1. The Bertz CT molecular complexity index is 1740. The lowest BCUT2D eigenvalue weighted by Gasteiger charge is -2.14. The van der Waals surface area contributed by atoms with E-state index in [1.165, 1.54) is 0 Å². The number of Topliss-reactive ketones (excluding diaryl/α,β-unsaturated/α-hetero) is 1. The van der Waals surface area contributed by atoms with Crippen LogP contribution in [0.2, 0.25) is 0 Å². The molecule has 10 heteroatoms. The summed E-state index contributed by atoms with van der Waals surface area (Å²) in [6, 6.07) is 17.2. The first kappa shape index (κ1) is 26.6. The van der Waals surface area contributed by atoms with Crippen LogP contribution in [0.1, 0.15) is 15.9 Å². The second-order valence-electron chi connectivity index (χ2n) is 9.42. The lowest BCUT2D eigenvalue weighted by Crippen LogP contribution is -2.24. The maximum absolute atomic E-state index is 13.2.